The normalized spacial score (nSPS) is 11.7. The zero-order valence-electron chi connectivity index (χ0n) is 15.4. The molecule has 0 aromatic carbocycles. The standard InChI is InChI=1S/C16H27Cl2N5O.HI/c1-6-19-14(24)16(3,4)10-22-15(20-7-2)21-9-11-8-12(17)13(18)23(11)5;/h8H,6-7,9-10H2,1-5H3,(H,19,24)(H2,20,21,22);1H. The summed E-state index contributed by atoms with van der Waals surface area (Å²) in [5, 5.41) is 10.2. The molecule has 1 aromatic heterocycles. The van der Waals surface area contributed by atoms with Gasteiger partial charge in [-0.25, -0.2) is 4.99 Å². The van der Waals surface area contributed by atoms with E-state index in [9.17, 15) is 4.79 Å². The Kier molecular flexibility index (Phi) is 10.8. The van der Waals surface area contributed by atoms with Gasteiger partial charge in [0.05, 0.1) is 17.0 Å². The number of hydrogen-bond acceptors (Lipinski definition) is 2. The van der Waals surface area contributed by atoms with Gasteiger partial charge in [0.15, 0.2) is 5.96 Å². The highest BCUT2D eigenvalue weighted by Gasteiger charge is 2.27. The quantitative estimate of drug-likeness (QED) is 0.304. The molecule has 1 rings (SSSR count). The third kappa shape index (κ3) is 7.22. The minimum absolute atomic E-state index is 0. The molecule has 0 atom stereocenters. The molecule has 0 spiro atoms. The Morgan fingerprint density at radius 2 is 1.80 bits per heavy atom. The highest BCUT2D eigenvalue weighted by atomic mass is 127. The van der Waals surface area contributed by atoms with Crippen LogP contribution in [0.3, 0.4) is 0 Å². The number of halogens is 3. The fourth-order valence-corrected chi connectivity index (χ4v) is 2.44. The number of carbonyl (C=O) groups is 1. The van der Waals surface area contributed by atoms with E-state index in [4.69, 9.17) is 23.2 Å². The number of guanidine groups is 1. The van der Waals surface area contributed by atoms with Gasteiger partial charge in [-0.2, -0.15) is 0 Å². The Balaban J connectivity index is 0.00000576. The van der Waals surface area contributed by atoms with Crippen LogP contribution in [0.15, 0.2) is 11.1 Å². The van der Waals surface area contributed by atoms with Crippen molar-refractivity contribution in [3.8, 4) is 0 Å². The molecule has 3 N–H and O–H groups in total. The van der Waals surface area contributed by atoms with Crippen LogP contribution in [0.5, 0.6) is 0 Å². The summed E-state index contributed by atoms with van der Waals surface area (Å²) in [7, 11) is 1.84. The van der Waals surface area contributed by atoms with Gasteiger partial charge in [0.25, 0.3) is 0 Å². The third-order valence-corrected chi connectivity index (χ3v) is 4.45. The minimum Gasteiger partial charge on any atom is -0.357 e. The van der Waals surface area contributed by atoms with Crippen LogP contribution in [-0.2, 0) is 18.4 Å². The van der Waals surface area contributed by atoms with E-state index in [1.165, 1.54) is 0 Å². The maximum atomic E-state index is 12.1. The van der Waals surface area contributed by atoms with Crippen LogP contribution in [0.4, 0.5) is 0 Å². The molecular weight excluding hydrogens is 476 g/mol. The molecule has 0 radical (unpaired) electrons. The lowest BCUT2D eigenvalue weighted by molar-refractivity contribution is -0.128. The number of nitrogens with one attached hydrogen (secondary N) is 3. The van der Waals surface area contributed by atoms with Crippen molar-refractivity contribution in [2.75, 3.05) is 19.6 Å². The van der Waals surface area contributed by atoms with Crippen molar-refractivity contribution in [2.45, 2.75) is 34.2 Å². The van der Waals surface area contributed by atoms with Gasteiger partial charge in [0.1, 0.15) is 5.15 Å². The number of aliphatic imine (C=N–C) groups is 1. The lowest BCUT2D eigenvalue weighted by atomic mass is 9.92. The minimum atomic E-state index is -0.538. The smallest absolute Gasteiger partial charge is 0.227 e. The van der Waals surface area contributed by atoms with E-state index in [0.29, 0.717) is 35.8 Å². The van der Waals surface area contributed by atoms with Gasteiger partial charge in [0, 0.05) is 32.4 Å². The Morgan fingerprint density at radius 1 is 1.20 bits per heavy atom. The molecule has 0 aliphatic rings. The summed E-state index contributed by atoms with van der Waals surface area (Å²) in [6.07, 6.45) is 0. The molecule has 0 saturated carbocycles. The summed E-state index contributed by atoms with van der Waals surface area (Å²) >= 11 is 12.1. The molecule has 9 heteroatoms. The Labute approximate surface area is 177 Å². The Morgan fingerprint density at radius 3 is 2.28 bits per heavy atom. The Bertz CT molecular complexity index is 602. The van der Waals surface area contributed by atoms with Crippen LogP contribution in [0.2, 0.25) is 10.2 Å². The summed E-state index contributed by atoms with van der Waals surface area (Å²) in [4.78, 5) is 16.6. The van der Waals surface area contributed by atoms with Crippen molar-refractivity contribution in [2.24, 2.45) is 17.5 Å². The highest BCUT2D eigenvalue weighted by molar-refractivity contribution is 14.0. The predicted octanol–water partition coefficient (Wildman–Crippen LogP) is 3.17. The summed E-state index contributed by atoms with van der Waals surface area (Å²) in [5.41, 5.74) is 0.370. The second kappa shape index (κ2) is 11.1. The largest absolute Gasteiger partial charge is 0.357 e. The lowest BCUT2D eigenvalue weighted by Gasteiger charge is -2.24. The van der Waals surface area contributed by atoms with Crippen molar-refractivity contribution in [3.05, 3.63) is 21.9 Å². The maximum absolute atomic E-state index is 12.1. The lowest BCUT2D eigenvalue weighted by Crippen LogP contribution is -2.47. The van der Waals surface area contributed by atoms with Crippen LogP contribution in [-0.4, -0.2) is 36.1 Å². The number of aromatic nitrogens is 1. The second-order valence-corrected chi connectivity index (χ2v) is 6.89. The monoisotopic (exact) mass is 503 g/mol. The van der Waals surface area contributed by atoms with Gasteiger partial charge in [-0.15, -0.1) is 24.0 Å². The first-order valence-electron chi connectivity index (χ1n) is 8.03. The number of amides is 1. The van der Waals surface area contributed by atoms with Gasteiger partial charge < -0.3 is 20.5 Å². The van der Waals surface area contributed by atoms with Crippen molar-refractivity contribution >= 4 is 59.0 Å². The molecule has 0 fully saturated rings. The van der Waals surface area contributed by atoms with Gasteiger partial charge in [-0.3, -0.25) is 4.79 Å². The van der Waals surface area contributed by atoms with Crippen LogP contribution in [0.25, 0.3) is 0 Å². The van der Waals surface area contributed by atoms with Crippen LogP contribution in [0, 0.1) is 5.41 Å². The van der Waals surface area contributed by atoms with Crippen LogP contribution >= 0.6 is 47.2 Å². The zero-order chi connectivity index (χ0) is 18.3. The summed E-state index contributed by atoms with van der Waals surface area (Å²) in [6, 6.07) is 1.80. The first-order valence-corrected chi connectivity index (χ1v) is 8.78. The fraction of sp³-hybridized carbons (Fsp3) is 0.625. The molecule has 25 heavy (non-hydrogen) atoms. The van der Waals surface area contributed by atoms with Gasteiger partial charge >= 0.3 is 0 Å². The number of nitrogens with zero attached hydrogens (tertiary/aromatic N) is 2. The number of rotatable bonds is 7. The van der Waals surface area contributed by atoms with E-state index in [0.717, 1.165) is 12.2 Å². The van der Waals surface area contributed by atoms with Crippen molar-refractivity contribution < 1.29 is 4.79 Å². The topological polar surface area (TPSA) is 70.5 Å². The molecule has 1 heterocycles. The van der Waals surface area contributed by atoms with E-state index in [-0.39, 0.29) is 29.9 Å². The third-order valence-electron chi connectivity index (χ3n) is 3.61. The van der Waals surface area contributed by atoms with Gasteiger partial charge in [-0.05, 0) is 33.8 Å². The van der Waals surface area contributed by atoms with E-state index < -0.39 is 5.41 Å². The molecular formula is C16H28Cl2IN5O. The Hall–Kier alpha value is -0.670. The predicted molar refractivity (Wildman–Crippen MR) is 116 cm³/mol. The van der Waals surface area contributed by atoms with Crippen LogP contribution in [0.1, 0.15) is 33.4 Å². The second-order valence-electron chi connectivity index (χ2n) is 6.13. The molecule has 0 bridgehead atoms. The molecule has 0 aliphatic heterocycles. The molecule has 0 aliphatic carbocycles. The number of hydrogen-bond donors (Lipinski definition) is 3. The van der Waals surface area contributed by atoms with E-state index >= 15 is 0 Å². The molecule has 0 unspecified atom stereocenters. The molecule has 0 saturated heterocycles. The zero-order valence-corrected chi connectivity index (χ0v) is 19.2. The summed E-state index contributed by atoms with van der Waals surface area (Å²) in [5.74, 6) is 0.651. The average molecular weight is 504 g/mol. The van der Waals surface area contributed by atoms with Gasteiger partial charge in [0.2, 0.25) is 5.91 Å². The molecule has 1 amide bonds. The van der Waals surface area contributed by atoms with Crippen LogP contribution < -0.4 is 16.0 Å². The molecule has 144 valence electrons. The fourth-order valence-electron chi connectivity index (χ4n) is 2.03. The van der Waals surface area contributed by atoms with E-state index in [1.54, 1.807) is 10.6 Å². The first kappa shape index (κ1) is 24.3. The summed E-state index contributed by atoms with van der Waals surface area (Å²) in [6.45, 7) is 9.93. The SMILES string of the molecule is CCNC(=O)C(C)(C)CNC(=NCc1cc(Cl)c(Cl)n1C)NCC.I. The number of carbonyl (C=O) groups excluding carboxylic acids is 1. The maximum Gasteiger partial charge on any atom is 0.227 e. The molecule has 1 aromatic rings. The average Bonchev–Trinajstić information content (AvgIpc) is 2.77. The summed E-state index contributed by atoms with van der Waals surface area (Å²) < 4.78 is 1.80. The first-order chi connectivity index (χ1) is 11.2. The molecule has 6 nitrogen and oxygen atoms in total. The van der Waals surface area contributed by atoms with Crippen molar-refractivity contribution in [3.63, 3.8) is 0 Å². The highest BCUT2D eigenvalue weighted by Crippen LogP contribution is 2.25. The van der Waals surface area contributed by atoms with E-state index in [2.05, 4.69) is 20.9 Å². The van der Waals surface area contributed by atoms with Gasteiger partial charge in [-0.1, -0.05) is 23.2 Å². The van der Waals surface area contributed by atoms with E-state index in [1.807, 2.05) is 34.7 Å². The van der Waals surface area contributed by atoms with Crippen molar-refractivity contribution in [1.82, 2.24) is 20.5 Å². The van der Waals surface area contributed by atoms with Crippen molar-refractivity contribution in [1.29, 1.82) is 0 Å².